The van der Waals surface area contributed by atoms with Gasteiger partial charge in [0.1, 0.15) is 11.9 Å². The van der Waals surface area contributed by atoms with E-state index in [1.54, 1.807) is 0 Å². The van der Waals surface area contributed by atoms with Crippen LogP contribution in [0.4, 0.5) is 5.69 Å². The highest BCUT2D eigenvalue weighted by Crippen LogP contribution is 2.34. The molecule has 1 aromatic rings. The molecular formula is C11H10N2O4. The van der Waals surface area contributed by atoms with E-state index < -0.39 is 4.92 Å². The highest BCUT2D eigenvalue weighted by molar-refractivity contribution is 5.49. The van der Waals surface area contributed by atoms with Crippen LogP contribution in [0.1, 0.15) is 12.8 Å². The molecule has 1 N–H and O–H groups in total. The van der Waals surface area contributed by atoms with Gasteiger partial charge < -0.3 is 9.84 Å². The second kappa shape index (κ2) is 4.29. The Labute approximate surface area is 97.2 Å². The van der Waals surface area contributed by atoms with Crippen molar-refractivity contribution in [1.82, 2.24) is 0 Å². The Kier molecular flexibility index (Phi) is 2.83. The third-order valence-corrected chi connectivity index (χ3v) is 2.72. The number of phenolic OH excluding ortho intramolecular Hbond substituents is 1. The summed E-state index contributed by atoms with van der Waals surface area (Å²) >= 11 is 0. The van der Waals surface area contributed by atoms with E-state index in [9.17, 15) is 15.2 Å². The van der Waals surface area contributed by atoms with Crippen molar-refractivity contribution in [3.8, 4) is 17.6 Å². The Morgan fingerprint density at radius 1 is 1.53 bits per heavy atom. The first kappa shape index (κ1) is 11.2. The van der Waals surface area contributed by atoms with Crippen molar-refractivity contribution in [2.24, 2.45) is 5.92 Å². The van der Waals surface area contributed by atoms with Gasteiger partial charge in [-0.25, -0.2) is 0 Å². The normalized spacial score (nSPS) is 22.3. The lowest BCUT2D eigenvalue weighted by atomic mass is 9.83. The average molecular weight is 234 g/mol. The Morgan fingerprint density at radius 2 is 2.24 bits per heavy atom. The monoisotopic (exact) mass is 234 g/mol. The summed E-state index contributed by atoms with van der Waals surface area (Å²) in [5.41, 5.74) is -0.376. The van der Waals surface area contributed by atoms with Crippen molar-refractivity contribution in [2.75, 3.05) is 0 Å². The Balaban J connectivity index is 2.05. The van der Waals surface area contributed by atoms with E-state index >= 15 is 0 Å². The molecule has 2 rings (SSSR count). The van der Waals surface area contributed by atoms with Gasteiger partial charge in [-0.05, 0) is 12.1 Å². The lowest BCUT2D eigenvalue weighted by Gasteiger charge is -2.30. The molecule has 0 unspecified atom stereocenters. The minimum Gasteiger partial charge on any atom is -0.502 e. The van der Waals surface area contributed by atoms with Crippen LogP contribution < -0.4 is 4.74 Å². The fourth-order valence-corrected chi connectivity index (χ4v) is 1.68. The summed E-state index contributed by atoms with van der Waals surface area (Å²) in [4.78, 5) is 9.92. The van der Waals surface area contributed by atoms with Crippen LogP contribution >= 0.6 is 0 Å². The first-order valence-corrected chi connectivity index (χ1v) is 5.14. The summed E-state index contributed by atoms with van der Waals surface area (Å²) in [6, 6.07) is 6.02. The maximum Gasteiger partial charge on any atom is 0.314 e. The number of nitro groups is 1. The van der Waals surface area contributed by atoms with E-state index in [-0.39, 0.29) is 23.5 Å². The van der Waals surface area contributed by atoms with Crippen LogP contribution in [-0.4, -0.2) is 16.1 Å². The van der Waals surface area contributed by atoms with E-state index in [0.29, 0.717) is 18.6 Å². The van der Waals surface area contributed by atoms with E-state index in [1.165, 1.54) is 18.2 Å². The molecule has 1 aliphatic carbocycles. The highest BCUT2D eigenvalue weighted by atomic mass is 16.6. The molecule has 0 amide bonds. The fourth-order valence-electron chi connectivity index (χ4n) is 1.68. The van der Waals surface area contributed by atoms with Gasteiger partial charge in [0.15, 0.2) is 5.75 Å². The van der Waals surface area contributed by atoms with Crippen molar-refractivity contribution < 1.29 is 14.8 Å². The molecule has 1 fully saturated rings. The van der Waals surface area contributed by atoms with E-state index in [2.05, 4.69) is 6.07 Å². The summed E-state index contributed by atoms with van der Waals surface area (Å²) in [5, 5.41) is 28.4. The summed E-state index contributed by atoms with van der Waals surface area (Å²) in [6.45, 7) is 0. The van der Waals surface area contributed by atoms with E-state index in [4.69, 9.17) is 10.00 Å². The lowest BCUT2D eigenvalue weighted by molar-refractivity contribution is -0.386. The lowest BCUT2D eigenvalue weighted by Crippen LogP contribution is -2.32. The van der Waals surface area contributed by atoms with Gasteiger partial charge >= 0.3 is 5.69 Å². The number of aromatic hydroxyl groups is 1. The maximum absolute atomic E-state index is 10.6. The van der Waals surface area contributed by atoms with Gasteiger partial charge in [0.05, 0.1) is 23.0 Å². The SMILES string of the molecule is N#C[C@H]1C[C@H](Oc2ccc(O)c([N+](=O)[O-])c2)C1. The summed E-state index contributed by atoms with van der Waals surface area (Å²) in [6.07, 6.45) is 1.22. The Morgan fingerprint density at radius 3 is 2.82 bits per heavy atom. The number of rotatable bonds is 3. The summed E-state index contributed by atoms with van der Waals surface area (Å²) in [7, 11) is 0. The maximum atomic E-state index is 10.6. The third-order valence-electron chi connectivity index (χ3n) is 2.72. The van der Waals surface area contributed by atoms with Crippen molar-refractivity contribution in [3.05, 3.63) is 28.3 Å². The summed E-state index contributed by atoms with van der Waals surface area (Å²) < 4.78 is 5.46. The quantitative estimate of drug-likeness (QED) is 0.637. The number of ether oxygens (including phenoxy) is 1. The number of nitrogens with zero attached hydrogens (tertiary/aromatic N) is 2. The molecule has 88 valence electrons. The van der Waals surface area contributed by atoms with Crippen LogP contribution in [0.5, 0.6) is 11.5 Å². The smallest absolute Gasteiger partial charge is 0.314 e. The molecule has 1 aromatic carbocycles. The van der Waals surface area contributed by atoms with E-state index in [1.807, 2.05) is 0 Å². The number of nitriles is 1. The Hall–Kier alpha value is -2.29. The van der Waals surface area contributed by atoms with Gasteiger partial charge in [-0.15, -0.1) is 0 Å². The number of hydrogen-bond acceptors (Lipinski definition) is 5. The number of benzene rings is 1. The molecule has 6 heteroatoms. The van der Waals surface area contributed by atoms with E-state index in [0.717, 1.165) is 0 Å². The fraction of sp³-hybridized carbons (Fsp3) is 0.364. The van der Waals surface area contributed by atoms with Crippen molar-refractivity contribution >= 4 is 5.69 Å². The topological polar surface area (TPSA) is 96.4 Å². The first-order valence-electron chi connectivity index (χ1n) is 5.14. The highest BCUT2D eigenvalue weighted by Gasteiger charge is 2.31. The molecule has 0 saturated heterocycles. The van der Waals surface area contributed by atoms with Crippen LogP contribution in [0.25, 0.3) is 0 Å². The molecule has 17 heavy (non-hydrogen) atoms. The molecular weight excluding hydrogens is 224 g/mol. The zero-order valence-corrected chi connectivity index (χ0v) is 8.87. The van der Waals surface area contributed by atoms with Gasteiger partial charge in [-0.1, -0.05) is 0 Å². The van der Waals surface area contributed by atoms with Crippen LogP contribution in [-0.2, 0) is 0 Å². The van der Waals surface area contributed by atoms with Crippen LogP contribution in [0.15, 0.2) is 18.2 Å². The molecule has 0 atom stereocenters. The van der Waals surface area contributed by atoms with Gasteiger partial charge in [0, 0.05) is 12.8 Å². The molecule has 0 spiro atoms. The second-order valence-corrected chi connectivity index (χ2v) is 3.94. The molecule has 0 bridgehead atoms. The van der Waals surface area contributed by atoms with Gasteiger partial charge in [0.25, 0.3) is 0 Å². The molecule has 6 nitrogen and oxygen atoms in total. The zero-order chi connectivity index (χ0) is 12.4. The molecule has 1 saturated carbocycles. The summed E-state index contributed by atoms with van der Waals surface area (Å²) in [5.74, 6) is -0.0196. The molecule has 1 aliphatic rings. The number of hydrogen-bond donors (Lipinski definition) is 1. The predicted molar refractivity (Wildman–Crippen MR) is 57.5 cm³/mol. The number of phenols is 1. The minimum absolute atomic E-state index is 0.0205. The standard InChI is InChI=1S/C11H10N2O4/c12-6-7-3-9(4-7)17-8-1-2-11(14)10(5-8)13(15)16/h1-2,5,7,9,14H,3-4H2/t7-,9-. The van der Waals surface area contributed by atoms with Crippen molar-refractivity contribution in [3.63, 3.8) is 0 Å². The number of nitro benzene ring substituents is 1. The van der Waals surface area contributed by atoms with Crippen LogP contribution in [0.3, 0.4) is 0 Å². The minimum atomic E-state index is -0.666. The van der Waals surface area contributed by atoms with Crippen LogP contribution in [0.2, 0.25) is 0 Å². The molecule has 0 radical (unpaired) electrons. The molecule has 0 aromatic heterocycles. The first-order chi connectivity index (χ1) is 8.10. The van der Waals surface area contributed by atoms with Gasteiger partial charge in [-0.2, -0.15) is 5.26 Å². The van der Waals surface area contributed by atoms with Crippen LogP contribution in [0, 0.1) is 27.4 Å². The molecule has 0 aliphatic heterocycles. The van der Waals surface area contributed by atoms with Gasteiger partial charge in [-0.3, -0.25) is 10.1 Å². The molecule has 0 heterocycles. The largest absolute Gasteiger partial charge is 0.502 e. The third kappa shape index (κ3) is 2.28. The Bertz CT molecular complexity index is 489. The van der Waals surface area contributed by atoms with Crippen molar-refractivity contribution in [1.29, 1.82) is 5.26 Å². The van der Waals surface area contributed by atoms with Gasteiger partial charge in [0.2, 0.25) is 0 Å². The predicted octanol–water partition coefficient (Wildman–Crippen LogP) is 1.98. The van der Waals surface area contributed by atoms with Crippen molar-refractivity contribution in [2.45, 2.75) is 18.9 Å². The zero-order valence-electron chi connectivity index (χ0n) is 8.87. The average Bonchev–Trinajstić information content (AvgIpc) is 2.24. The second-order valence-electron chi connectivity index (χ2n) is 3.94.